The monoisotopic (exact) mass is 258 g/mol. The predicted octanol–water partition coefficient (Wildman–Crippen LogP) is 1.49. The number of rotatable bonds is 4. The molecular formula is C12H23ClN4. The Bertz CT molecular complexity index is 337. The first kappa shape index (κ1) is 14.5. The van der Waals surface area contributed by atoms with E-state index in [2.05, 4.69) is 34.6 Å². The predicted molar refractivity (Wildman–Crippen MR) is 72.2 cm³/mol. The molecular weight excluding hydrogens is 236 g/mol. The molecule has 0 aromatic carbocycles. The quantitative estimate of drug-likeness (QED) is 0.890. The van der Waals surface area contributed by atoms with Crippen LogP contribution in [0.5, 0.6) is 0 Å². The SMILES string of the molecule is CCn1nccc1CN1CCC(C(C)N)C1.Cl. The number of aryl methyl sites for hydroxylation is 1. The fraction of sp³-hybridized carbons (Fsp3) is 0.750. The highest BCUT2D eigenvalue weighted by Gasteiger charge is 2.25. The summed E-state index contributed by atoms with van der Waals surface area (Å²) in [6.07, 6.45) is 3.12. The molecule has 0 radical (unpaired) electrons. The summed E-state index contributed by atoms with van der Waals surface area (Å²) in [5.74, 6) is 0.665. The number of nitrogens with two attached hydrogens (primary N) is 1. The standard InChI is InChI=1S/C12H22N4.ClH/c1-3-16-12(4-6-14-16)9-15-7-5-11(8-15)10(2)13;/h4,6,10-11H,3,5,7-9,13H2,1-2H3;1H. The highest BCUT2D eigenvalue weighted by molar-refractivity contribution is 5.85. The molecule has 2 N–H and O–H groups in total. The van der Waals surface area contributed by atoms with Crippen LogP contribution in [-0.2, 0) is 13.1 Å². The van der Waals surface area contributed by atoms with Crippen molar-refractivity contribution in [3.05, 3.63) is 18.0 Å². The Balaban J connectivity index is 0.00000144. The second kappa shape index (κ2) is 6.38. The Morgan fingerprint density at radius 1 is 1.59 bits per heavy atom. The molecule has 1 fully saturated rings. The Labute approximate surface area is 110 Å². The minimum atomic E-state index is 0. The van der Waals surface area contributed by atoms with Crippen LogP contribution in [0.3, 0.4) is 0 Å². The number of likely N-dealkylation sites (tertiary alicyclic amines) is 1. The van der Waals surface area contributed by atoms with Crippen LogP contribution in [0.2, 0.25) is 0 Å². The number of hydrogen-bond donors (Lipinski definition) is 1. The second-order valence-electron chi connectivity index (χ2n) is 4.78. The van der Waals surface area contributed by atoms with E-state index in [4.69, 9.17) is 5.73 Å². The van der Waals surface area contributed by atoms with Gasteiger partial charge >= 0.3 is 0 Å². The molecule has 0 amide bonds. The molecule has 0 aliphatic carbocycles. The van der Waals surface area contributed by atoms with Crippen LogP contribution in [0.1, 0.15) is 26.0 Å². The molecule has 98 valence electrons. The molecule has 2 heterocycles. The fourth-order valence-corrected chi connectivity index (χ4v) is 2.44. The minimum absolute atomic E-state index is 0. The Morgan fingerprint density at radius 2 is 2.35 bits per heavy atom. The van der Waals surface area contributed by atoms with Crippen molar-refractivity contribution < 1.29 is 0 Å². The largest absolute Gasteiger partial charge is 0.328 e. The lowest BCUT2D eigenvalue weighted by molar-refractivity contribution is 0.298. The maximum absolute atomic E-state index is 5.95. The van der Waals surface area contributed by atoms with Crippen LogP contribution in [0.25, 0.3) is 0 Å². The van der Waals surface area contributed by atoms with Crippen molar-refractivity contribution in [3.63, 3.8) is 0 Å². The van der Waals surface area contributed by atoms with Gasteiger partial charge in [0.2, 0.25) is 0 Å². The third-order valence-corrected chi connectivity index (χ3v) is 3.54. The first-order valence-corrected chi connectivity index (χ1v) is 6.19. The van der Waals surface area contributed by atoms with Gasteiger partial charge < -0.3 is 5.73 Å². The van der Waals surface area contributed by atoms with Gasteiger partial charge in [-0.05, 0) is 38.8 Å². The van der Waals surface area contributed by atoms with E-state index in [1.807, 2.05) is 6.20 Å². The Morgan fingerprint density at radius 3 is 2.94 bits per heavy atom. The van der Waals surface area contributed by atoms with Gasteiger partial charge in [-0.3, -0.25) is 9.58 Å². The molecule has 1 aromatic rings. The van der Waals surface area contributed by atoms with Crippen molar-refractivity contribution in [2.45, 2.75) is 39.4 Å². The lowest BCUT2D eigenvalue weighted by atomic mass is 10.0. The van der Waals surface area contributed by atoms with Gasteiger partial charge in [0, 0.05) is 31.9 Å². The molecule has 1 aliphatic heterocycles. The molecule has 0 spiro atoms. The topological polar surface area (TPSA) is 47.1 Å². The highest BCUT2D eigenvalue weighted by Crippen LogP contribution is 2.20. The summed E-state index contributed by atoms with van der Waals surface area (Å²) in [6, 6.07) is 2.43. The average molecular weight is 259 g/mol. The smallest absolute Gasteiger partial charge is 0.0524 e. The molecule has 1 aliphatic rings. The van der Waals surface area contributed by atoms with E-state index in [-0.39, 0.29) is 12.4 Å². The van der Waals surface area contributed by atoms with Crippen molar-refractivity contribution in [2.75, 3.05) is 13.1 Å². The van der Waals surface area contributed by atoms with Gasteiger partial charge in [-0.2, -0.15) is 5.10 Å². The van der Waals surface area contributed by atoms with Gasteiger partial charge in [0.1, 0.15) is 0 Å². The normalized spacial score (nSPS) is 22.4. The first-order chi connectivity index (χ1) is 7.70. The number of halogens is 1. The molecule has 1 aromatic heterocycles. The van der Waals surface area contributed by atoms with Crippen LogP contribution in [-0.4, -0.2) is 33.8 Å². The Kier molecular flexibility index (Phi) is 5.43. The third-order valence-electron chi connectivity index (χ3n) is 3.54. The van der Waals surface area contributed by atoms with Crippen molar-refractivity contribution in [1.82, 2.24) is 14.7 Å². The average Bonchev–Trinajstić information content (AvgIpc) is 2.87. The maximum atomic E-state index is 5.95. The molecule has 1 saturated heterocycles. The molecule has 0 saturated carbocycles. The molecule has 17 heavy (non-hydrogen) atoms. The summed E-state index contributed by atoms with van der Waals surface area (Å²) in [5, 5.41) is 4.30. The molecule has 0 bridgehead atoms. The van der Waals surface area contributed by atoms with Crippen molar-refractivity contribution in [3.8, 4) is 0 Å². The highest BCUT2D eigenvalue weighted by atomic mass is 35.5. The first-order valence-electron chi connectivity index (χ1n) is 6.19. The fourth-order valence-electron chi connectivity index (χ4n) is 2.44. The van der Waals surface area contributed by atoms with Gasteiger partial charge in [-0.15, -0.1) is 12.4 Å². The van der Waals surface area contributed by atoms with E-state index in [1.54, 1.807) is 0 Å². The van der Waals surface area contributed by atoms with E-state index in [9.17, 15) is 0 Å². The lowest BCUT2D eigenvalue weighted by Crippen LogP contribution is -2.30. The molecule has 4 nitrogen and oxygen atoms in total. The summed E-state index contributed by atoms with van der Waals surface area (Å²) in [5.41, 5.74) is 7.26. The summed E-state index contributed by atoms with van der Waals surface area (Å²) in [4.78, 5) is 2.48. The molecule has 2 unspecified atom stereocenters. The van der Waals surface area contributed by atoms with Gasteiger partial charge in [0.05, 0.1) is 5.69 Å². The van der Waals surface area contributed by atoms with Gasteiger partial charge in [0.25, 0.3) is 0 Å². The Hall–Kier alpha value is -0.580. The zero-order valence-corrected chi connectivity index (χ0v) is 11.5. The number of nitrogens with zero attached hydrogens (tertiary/aromatic N) is 3. The van der Waals surface area contributed by atoms with E-state index in [0.29, 0.717) is 12.0 Å². The maximum Gasteiger partial charge on any atom is 0.0524 e. The molecule has 5 heteroatoms. The van der Waals surface area contributed by atoms with Crippen LogP contribution in [0.4, 0.5) is 0 Å². The lowest BCUT2D eigenvalue weighted by Gasteiger charge is -2.18. The van der Waals surface area contributed by atoms with E-state index in [0.717, 1.165) is 19.6 Å². The van der Waals surface area contributed by atoms with Gasteiger partial charge in [-0.25, -0.2) is 0 Å². The van der Waals surface area contributed by atoms with Crippen LogP contribution in [0.15, 0.2) is 12.3 Å². The molecule has 2 rings (SSSR count). The van der Waals surface area contributed by atoms with Crippen LogP contribution < -0.4 is 5.73 Å². The summed E-state index contributed by atoms with van der Waals surface area (Å²) in [6.45, 7) is 8.51. The summed E-state index contributed by atoms with van der Waals surface area (Å²) >= 11 is 0. The van der Waals surface area contributed by atoms with Crippen molar-refractivity contribution >= 4 is 12.4 Å². The van der Waals surface area contributed by atoms with E-state index >= 15 is 0 Å². The second-order valence-corrected chi connectivity index (χ2v) is 4.78. The minimum Gasteiger partial charge on any atom is -0.328 e. The van der Waals surface area contributed by atoms with Gasteiger partial charge in [-0.1, -0.05) is 0 Å². The summed E-state index contributed by atoms with van der Waals surface area (Å²) in [7, 11) is 0. The van der Waals surface area contributed by atoms with Gasteiger partial charge in [0.15, 0.2) is 0 Å². The van der Waals surface area contributed by atoms with Crippen LogP contribution >= 0.6 is 12.4 Å². The summed E-state index contributed by atoms with van der Waals surface area (Å²) < 4.78 is 2.07. The third kappa shape index (κ3) is 3.44. The van der Waals surface area contributed by atoms with Crippen LogP contribution in [0, 0.1) is 5.92 Å². The van der Waals surface area contributed by atoms with Crippen molar-refractivity contribution in [2.24, 2.45) is 11.7 Å². The molecule has 2 atom stereocenters. The number of hydrogen-bond acceptors (Lipinski definition) is 3. The number of aromatic nitrogens is 2. The van der Waals surface area contributed by atoms with E-state index < -0.39 is 0 Å². The zero-order chi connectivity index (χ0) is 11.5. The van der Waals surface area contributed by atoms with Crippen molar-refractivity contribution in [1.29, 1.82) is 0 Å². The zero-order valence-electron chi connectivity index (χ0n) is 10.7. The van der Waals surface area contributed by atoms with E-state index in [1.165, 1.54) is 18.7 Å².